The lowest BCUT2D eigenvalue weighted by Gasteiger charge is -2.05. The van der Waals surface area contributed by atoms with E-state index >= 15 is 0 Å². The summed E-state index contributed by atoms with van der Waals surface area (Å²) in [5.74, 6) is 0.730. The van der Waals surface area contributed by atoms with E-state index in [1.165, 1.54) is 6.33 Å². The first-order valence-corrected chi connectivity index (χ1v) is 8.77. The number of benzene rings is 1. The van der Waals surface area contributed by atoms with Crippen LogP contribution in [0.15, 0.2) is 61.3 Å². The van der Waals surface area contributed by atoms with E-state index in [0.29, 0.717) is 17.3 Å². The van der Waals surface area contributed by atoms with Crippen molar-refractivity contribution in [1.82, 2.24) is 24.7 Å². The van der Waals surface area contributed by atoms with Crippen LogP contribution in [0, 0.1) is 0 Å². The number of aromatic nitrogens is 5. The SMILES string of the molecule is CC(=O)Cc1cc(-n2cc(-c3ncn[nH]3)c(-c3ccccc3Cl)c2)ccn1. The van der Waals surface area contributed by atoms with Crippen molar-refractivity contribution in [2.45, 2.75) is 13.3 Å². The number of carbonyl (C=O) groups is 1. The van der Waals surface area contributed by atoms with Crippen LogP contribution in [0.1, 0.15) is 12.6 Å². The molecule has 4 rings (SSSR count). The highest BCUT2D eigenvalue weighted by Gasteiger charge is 2.16. The number of nitrogens with one attached hydrogen (secondary N) is 1. The number of ketones is 1. The third-order valence-corrected chi connectivity index (χ3v) is 4.52. The van der Waals surface area contributed by atoms with Gasteiger partial charge in [-0.15, -0.1) is 0 Å². The molecule has 1 N–H and O–H groups in total. The van der Waals surface area contributed by atoms with Crippen molar-refractivity contribution >= 4 is 17.4 Å². The Morgan fingerprint density at radius 2 is 1.93 bits per heavy atom. The maximum Gasteiger partial charge on any atom is 0.157 e. The Balaban J connectivity index is 1.85. The Kier molecular flexibility index (Phi) is 4.56. The van der Waals surface area contributed by atoms with Crippen LogP contribution in [0.3, 0.4) is 0 Å². The zero-order valence-electron chi connectivity index (χ0n) is 14.6. The van der Waals surface area contributed by atoms with Gasteiger partial charge < -0.3 is 4.57 Å². The van der Waals surface area contributed by atoms with Gasteiger partial charge in [-0.2, -0.15) is 5.10 Å². The third-order valence-electron chi connectivity index (χ3n) is 4.19. The van der Waals surface area contributed by atoms with Crippen LogP contribution in [0.5, 0.6) is 0 Å². The minimum Gasteiger partial charge on any atom is -0.322 e. The van der Waals surface area contributed by atoms with Gasteiger partial charge in [0.1, 0.15) is 12.1 Å². The van der Waals surface area contributed by atoms with Gasteiger partial charge in [0, 0.05) is 58.1 Å². The number of halogens is 1. The quantitative estimate of drug-likeness (QED) is 0.567. The fourth-order valence-corrected chi connectivity index (χ4v) is 3.24. The number of Topliss-reactive ketones (excluding diaryl/α,β-unsaturated/α-hetero) is 1. The summed E-state index contributed by atoms with van der Waals surface area (Å²) in [6.45, 7) is 1.56. The molecule has 0 saturated heterocycles. The molecule has 3 aromatic heterocycles. The lowest BCUT2D eigenvalue weighted by molar-refractivity contribution is -0.116. The van der Waals surface area contributed by atoms with Gasteiger partial charge in [-0.05, 0) is 25.1 Å². The van der Waals surface area contributed by atoms with E-state index in [9.17, 15) is 4.79 Å². The average molecular weight is 378 g/mol. The number of nitrogens with zero attached hydrogens (tertiary/aromatic N) is 4. The second kappa shape index (κ2) is 7.17. The van der Waals surface area contributed by atoms with Gasteiger partial charge in [-0.1, -0.05) is 29.8 Å². The van der Waals surface area contributed by atoms with Crippen molar-refractivity contribution in [1.29, 1.82) is 0 Å². The van der Waals surface area contributed by atoms with E-state index in [-0.39, 0.29) is 5.78 Å². The molecule has 134 valence electrons. The normalized spacial score (nSPS) is 10.9. The molecule has 0 aliphatic heterocycles. The van der Waals surface area contributed by atoms with E-state index in [0.717, 1.165) is 28.1 Å². The Morgan fingerprint density at radius 1 is 1.11 bits per heavy atom. The fraction of sp³-hybridized carbons (Fsp3) is 0.100. The molecular weight excluding hydrogens is 362 g/mol. The van der Waals surface area contributed by atoms with E-state index in [1.807, 2.05) is 53.4 Å². The molecule has 0 radical (unpaired) electrons. The summed E-state index contributed by atoms with van der Waals surface area (Å²) in [5.41, 5.74) is 4.35. The molecule has 0 bridgehead atoms. The first kappa shape index (κ1) is 17.2. The Morgan fingerprint density at radius 3 is 2.67 bits per heavy atom. The van der Waals surface area contributed by atoms with Gasteiger partial charge in [0.15, 0.2) is 5.82 Å². The minimum absolute atomic E-state index is 0.0752. The molecule has 1 aromatic carbocycles. The summed E-state index contributed by atoms with van der Waals surface area (Å²) in [4.78, 5) is 20.0. The zero-order valence-corrected chi connectivity index (χ0v) is 15.3. The highest BCUT2D eigenvalue weighted by Crippen LogP contribution is 2.36. The molecule has 27 heavy (non-hydrogen) atoms. The van der Waals surface area contributed by atoms with Crippen LogP contribution in [-0.4, -0.2) is 30.5 Å². The van der Waals surface area contributed by atoms with Crippen molar-refractivity contribution < 1.29 is 4.79 Å². The van der Waals surface area contributed by atoms with Gasteiger partial charge in [-0.3, -0.25) is 14.9 Å². The highest BCUT2D eigenvalue weighted by atomic mass is 35.5. The molecule has 0 aliphatic rings. The second-order valence-corrected chi connectivity index (χ2v) is 6.60. The highest BCUT2D eigenvalue weighted by molar-refractivity contribution is 6.33. The number of hydrogen-bond donors (Lipinski definition) is 1. The van der Waals surface area contributed by atoms with Crippen LogP contribution in [-0.2, 0) is 11.2 Å². The second-order valence-electron chi connectivity index (χ2n) is 6.19. The van der Waals surface area contributed by atoms with Crippen molar-refractivity contribution in [2.75, 3.05) is 0 Å². The van der Waals surface area contributed by atoms with Crippen LogP contribution < -0.4 is 0 Å². The van der Waals surface area contributed by atoms with Crippen molar-refractivity contribution in [3.8, 4) is 28.2 Å². The minimum atomic E-state index is 0.0752. The summed E-state index contributed by atoms with van der Waals surface area (Å²) < 4.78 is 1.97. The summed E-state index contributed by atoms with van der Waals surface area (Å²) in [6, 6.07) is 11.5. The zero-order chi connectivity index (χ0) is 18.8. The molecule has 0 saturated carbocycles. The predicted octanol–water partition coefficient (Wildman–Crippen LogP) is 4.11. The number of carbonyl (C=O) groups excluding carboxylic acids is 1. The smallest absolute Gasteiger partial charge is 0.157 e. The van der Waals surface area contributed by atoms with Crippen molar-refractivity contribution in [2.24, 2.45) is 0 Å². The van der Waals surface area contributed by atoms with Crippen molar-refractivity contribution in [3.05, 3.63) is 72.0 Å². The molecule has 0 amide bonds. The topological polar surface area (TPSA) is 76.5 Å². The Labute approximate surface area is 160 Å². The predicted molar refractivity (Wildman–Crippen MR) is 104 cm³/mol. The van der Waals surface area contributed by atoms with E-state index < -0.39 is 0 Å². The molecule has 6 nitrogen and oxygen atoms in total. The Hall–Kier alpha value is -3.25. The molecule has 0 fully saturated rings. The molecular formula is C20H16ClN5O. The molecule has 7 heteroatoms. The first-order valence-electron chi connectivity index (χ1n) is 8.39. The largest absolute Gasteiger partial charge is 0.322 e. The van der Waals surface area contributed by atoms with Gasteiger partial charge in [0.05, 0.1) is 0 Å². The third kappa shape index (κ3) is 3.52. The number of H-pyrrole nitrogens is 1. The van der Waals surface area contributed by atoms with E-state index in [2.05, 4.69) is 20.2 Å². The van der Waals surface area contributed by atoms with Crippen LogP contribution in [0.25, 0.3) is 28.2 Å². The number of pyridine rings is 1. The molecule has 0 spiro atoms. The van der Waals surface area contributed by atoms with Gasteiger partial charge >= 0.3 is 0 Å². The standard InChI is InChI=1S/C20H16ClN5O/c1-13(27)8-14-9-15(6-7-22-14)26-10-17(16-4-2-3-5-19(16)21)18(11-26)20-23-12-24-25-20/h2-7,9-12H,8H2,1H3,(H,23,24,25). The number of hydrogen-bond acceptors (Lipinski definition) is 4. The van der Waals surface area contributed by atoms with Crippen LogP contribution in [0.2, 0.25) is 5.02 Å². The van der Waals surface area contributed by atoms with E-state index in [4.69, 9.17) is 11.6 Å². The van der Waals surface area contributed by atoms with Gasteiger partial charge in [0.25, 0.3) is 0 Å². The maximum absolute atomic E-state index is 11.4. The molecule has 0 unspecified atom stereocenters. The average Bonchev–Trinajstić information content (AvgIpc) is 3.31. The van der Waals surface area contributed by atoms with E-state index in [1.54, 1.807) is 13.1 Å². The number of aromatic amines is 1. The summed E-state index contributed by atoms with van der Waals surface area (Å²) in [6.07, 6.45) is 7.44. The monoisotopic (exact) mass is 377 g/mol. The molecule has 0 atom stereocenters. The summed E-state index contributed by atoms with van der Waals surface area (Å²) >= 11 is 6.43. The van der Waals surface area contributed by atoms with Gasteiger partial charge in [0.2, 0.25) is 0 Å². The molecule has 0 aliphatic carbocycles. The molecule has 4 aromatic rings. The van der Waals surface area contributed by atoms with Gasteiger partial charge in [-0.25, -0.2) is 4.98 Å². The fourth-order valence-electron chi connectivity index (χ4n) is 3.00. The molecule has 3 heterocycles. The summed E-state index contributed by atoms with van der Waals surface area (Å²) in [7, 11) is 0. The lowest BCUT2D eigenvalue weighted by Crippen LogP contribution is -2.00. The summed E-state index contributed by atoms with van der Waals surface area (Å²) in [5, 5.41) is 7.53. The van der Waals surface area contributed by atoms with Crippen LogP contribution in [0.4, 0.5) is 0 Å². The Bertz CT molecular complexity index is 1100. The number of rotatable bonds is 5. The first-order chi connectivity index (χ1) is 13.1. The lowest BCUT2D eigenvalue weighted by atomic mass is 10.0. The van der Waals surface area contributed by atoms with Crippen molar-refractivity contribution in [3.63, 3.8) is 0 Å². The van der Waals surface area contributed by atoms with Crippen LogP contribution >= 0.6 is 11.6 Å². The maximum atomic E-state index is 11.4.